The first-order valence-corrected chi connectivity index (χ1v) is 11.0. The number of benzene rings is 1. The Bertz CT molecular complexity index is 1290. The molecule has 1 aromatic carbocycles. The Morgan fingerprint density at radius 1 is 0.941 bits per heavy atom. The molecular formula is C25H20F3N5S. The van der Waals surface area contributed by atoms with E-state index in [1.165, 1.54) is 6.07 Å². The summed E-state index contributed by atoms with van der Waals surface area (Å²) >= 11 is 5.71. The summed E-state index contributed by atoms with van der Waals surface area (Å²) in [7, 11) is 0. The van der Waals surface area contributed by atoms with Gasteiger partial charge in [0.2, 0.25) is 0 Å². The standard InChI is InChI=1S/C25H20F3N5S/c26-25(27,28)18-5-3-6-19(15-18)32-14-4-8-21(32)23-22(20-7-1-2-11-30-20)31-24(34)33(23)16-17-9-12-29-13-10-17/h1-15,22-23H,16H2,(H,31,34)/t22-,23-/m0/s1. The minimum atomic E-state index is -4.43. The second-order valence-electron chi connectivity index (χ2n) is 7.96. The highest BCUT2D eigenvalue weighted by molar-refractivity contribution is 7.80. The molecule has 172 valence electrons. The second kappa shape index (κ2) is 8.90. The molecule has 0 saturated carbocycles. The van der Waals surface area contributed by atoms with E-state index >= 15 is 0 Å². The van der Waals surface area contributed by atoms with Crippen molar-refractivity contribution in [1.29, 1.82) is 0 Å². The molecule has 1 fully saturated rings. The van der Waals surface area contributed by atoms with Gasteiger partial charge in [-0.2, -0.15) is 13.2 Å². The highest BCUT2D eigenvalue weighted by Crippen LogP contribution is 2.40. The van der Waals surface area contributed by atoms with Crippen LogP contribution in [0.3, 0.4) is 0 Å². The van der Waals surface area contributed by atoms with Crippen LogP contribution in [0.25, 0.3) is 5.69 Å². The number of rotatable bonds is 5. The average Bonchev–Trinajstić information content (AvgIpc) is 3.45. The number of alkyl halides is 3. The number of nitrogens with zero attached hydrogens (tertiary/aromatic N) is 4. The number of aromatic nitrogens is 3. The van der Waals surface area contributed by atoms with Gasteiger partial charge in [0, 0.05) is 42.7 Å². The number of thiocarbonyl (C=S) groups is 1. The van der Waals surface area contributed by atoms with Crippen molar-refractivity contribution in [3.8, 4) is 5.69 Å². The summed E-state index contributed by atoms with van der Waals surface area (Å²) in [5.74, 6) is 0. The van der Waals surface area contributed by atoms with E-state index in [9.17, 15) is 13.2 Å². The zero-order valence-corrected chi connectivity index (χ0v) is 18.7. The maximum Gasteiger partial charge on any atom is 0.416 e. The Balaban J connectivity index is 1.60. The minimum absolute atomic E-state index is 0.282. The van der Waals surface area contributed by atoms with Crippen molar-refractivity contribution >= 4 is 17.3 Å². The molecule has 5 nitrogen and oxygen atoms in total. The van der Waals surface area contributed by atoms with Crippen LogP contribution < -0.4 is 5.32 Å². The van der Waals surface area contributed by atoms with Crippen molar-refractivity contribution in [3.63, 3.8) is 0 Å². The Hall–Kier alpha value is -3.72. The van der Waals surface area contributed by atoms with E-state index in [4.69, 9.17) is 12.2 Å². The molecule has 0 bridgehead atoms. The Labute approximate surface area is 199 Å². The molecule has 4 aromatic rings. The molecule has 1 aliphatic rings. The molecule has 3 aromatic heterocycles. The smallest absolute Gasteiger partial charge is 0.352 e. The van der Waals surface area contributed by atoms with Crippen molar-refractivity contribution in [2.24, 2.45) is 0 Å². The summed E-state index contributed by atoms with van der Waals surface area (Å²) in [6.07, 6.45) is 2.50. The largest absolute Gasteiger partial charge is 0.416 e. The molecule has 0 unspecified atom stereocenters. The van der Waals surface area contributed by atoms with Crippen molar-refractivity contribution in [2.45, 2.75) is 24.8 Å². The molecule has 1 saturated heterocycles. The molecule has 5 rings (SSSR count). The van der Waals surface area contributed by atoms with E-state index in [2.05, 4.69) is 15.3 Å². The number of nitrogens with one attached hydrogen (secondary N) is 1. The summed E-state index contributed by atoms with van der Waals surface area (Å²) in [4.78, 5) is 10.7. The van der Waals surface area contributed by atoms with Crippen LogP contribution in [0.2, 0.25) is 0 Å². The molecule has 0 amide bonds. The minimum Gasteiger partial charge on any atom is -0.352 e. The molecular weight excluding hydrogens is 459 g/mol. The van der Waals surface area contributed by atoms with Gasteiger partial charge in [-0.05, 0) is 72.4 Å². The van der Waals surface area contributed by atoms with Crippen LogP contribution in [-0.2, 0) is 12.7 Å². The lowest BCUT2D eigenvalue weighted by Crippen LogP contribution is -2.30. The lowest BCUT2D eigenvalue weighted by atomic mass is 10.0. The molecule has 34 heavy (non-hydrogen) atoms. The normalized spacial score (nSPS) is 18.2. The predicted molar refractivity (Wildman–Crippen MR) is 126 cm³/mol. The fourth-order valence-corrected chi connectivity index (χ4v) is 4.59. The quantitative estimate of drug-likeness (QED) is 0.385. The fourth-order valence-electron chi connectivity index (χ4n) is 4.28. The predicted octanol–water partition coefficient (Wildman–Crippen LogP) is 5.46. The van der Waals surface area contributed by atoms with Gasteiger partial charge in [0.15, 0.2) is 5.11 Å². The Kier molecular flexibility index (Phi) is 5.79. The van der Waals surface area contributed by atoms with Crippen LogP contribution in [-0.4, -0.2) is 24.5 Å². The highest BCUT2D eigenvalue weighted by atomic mass is 32.1. The van der Waals surface area contributed by atoms with Gasteiger partial charge in [-0.15, -0.1) is 0 Å². The molecule has 0 spiro atoms. The molecule has 1 aliphatic heterocycles. The maximum absolute atomic E-state index is 13.4. The molecule has 9 heteroatoms. The average molecular weight is 480 g/mol. The molecule has 2 atom stereocenters. The van der Waals surface area contributed by atoms with Crippen LogP contribution in [0.15, 0.2) is 91.5 Å². The van der Waals surface area contributed by atoms with Gasteiger partial charge < -0.3 is 14.8 Å². The zero-order valence-electron chi connectivity index (χ0n) is 17.9. The first-order valence-electron chi connectivity index (χ1n) is 10.6. The summed E-state index contributed by atoms with van der Waals surface area (Å²) in [5, 5.41) is 3.93. The molecule has 0 radical (unpaired) electrons. The molecule has 1 N–H and O–H groups in total. The van der Waals surface area contributed by atoms with Crippen molar-refractivity contribution in [1.82, 2.24) is 24.8 Å². The topological polar surface area (TPSA) is 46.0 Å². The third-order valence-corrected chi connectivity index (χ3v) is 6.19. The van der Waals surface area contributed by atoms with Gasteiger partial charge >= 0.3 is 6.18 Å². The lowest BCUT2D eigenvalue weighted by Gasteiger charge is -2.29. The summed E-state index contributed by atoms with van der Waals surface area (Å²) in [5.41, 5.74) is 2.35. The Morgan fingerprint density at radius 3 is 2.50 bits per heavy atom. The highest BCUT2D eigenvalue weighted by Gasteiger charge is 2.41. The Morgan fingerprint density at radius 2 is 1.76 bits per heavy atom. The van der Waals surface area contributed by atoms with Gasteiger partial charge in [-0.1, -0.05) is 12.1 Å². The van der Waals surface area contributed by atoms with Gasteiger partial charge in [-0.3, -0.25) is 9.97 Å². The first-order chi connectivity index (χ1) is 16.4. The van der Waals surface area contributed by atoms with E-state index in [0.717, 1.165) is 29.1 Å². The molecule has 0 aliphatic carbocycles. The van der Waals surface area contributed by atoms with Crippen LogP contribution in [0, 0.1) is 0 Å². The van der Waals surface area contributed by atoms with Crippen molar-refractivity contribution in [3.05, 3.63) is 114 Å². The second-order valence-corrected chi connectivity index (χ2v) is 8.35. The number of pyridine rings is 2. The van der Waals surface area contributed by atoms with Crippen LogP contribution >= 0.6 is 12.2 Å². The number of hydrogen-bond donors (Lipinski definition) is 1. The van der Waals surface area contributed by atoms with E-state index in [1.807, 2.05) is 47.4 Å². The fraction of sp³-hybridized carbons (Fsp3) is 0.160. The van der Waals surface area contributed by atoms with E-state index in [0.29, 0.717) is 17.3 Å². The summed E-state index contributed by atoms with van der Waals surface area (Å²) in [6.45, 7) is 0.510. The first kappa shape index (κ1) is 22.1. The SMILES string of the molecule is FC(F)(F)c1cccc(-n2cccc2[C@H]2[C@H](c3ccccn3)NC(=S)N2Cc2ccncc2)c1. The third kappa shape index (κ3) is 4.26. The third-order valence-electron chi connectivity index (χ3n) is 5.84. The lowest BCUT2D eigenvalue weighted by molar-refractivity contribution is -0.137. The van der Waals surface area contributed by atoms with E-state index < -0.39 is 11.7 Å². The van der Waals surface area contributed by atoms with Crippen molar-refractivity contribution < 1.29 is 13.2 Å². The van der Waals surface area contributed by atoms with Crippen molar-refractivity contribution in [2.75, 3.05) is 0 Å². The zero-order chi connectivity index (χ0) is 23.7. The van der Waals surface area contributed by atoms with Crippen LogP contribution in [0.5, 0.6) is 0 Å². The number of halogens is 3. The maximum atomic E-state index is 13.4. The summed E-state index contributed by atoms with van der Waals surface area (Å²) in [6, 6.07) is 18.0. The van der Waals surface area contributed by atoms with Gasteiger partial charge in [-0.25, -0.2) is 0 Å². The van der Waals surface area contributed by atoms with E-state index in [-0.39, 0.29) is 12.1 Å². The van der Waals surface area contributed by atoms with Gasteiger partial charge in [0.05, 0.1) is 23.3 Å². The monoisotopic (exact) mass is 479 g/mol. The van der Waals surface area contributed by atoms with Gasteiger partial charge in [0.25, 0.3) is 0 Å². The summed E-state index contributed by atoms with van der Waals surface area (Å²) < 4.78 is 42.0. The van der Waals surface area contributed by atoms with Crippen LogP contribution in [0.1, 0.15) is 34.6 Å². The molecule has 4 heterocycles. The van der Waals surface area contributed by atoms with E-state index in [1.54, 1.807) is 35.4 Å². The van der Waals surface area contributed by atoms with Crippen LogP contribution in [0.4, 0.5) is 13.2 Å². The van der Waals surface area contributed by atoms with Gasteiger partial charge in [0.1, 0.15) is 0 Å². The number of hydrogen-bond acceptors (Lipinski definition) is 3.